The summed E-state index contributed by atoms with van der Waals surface area (Å²) in [5.41, 5.74) is 1.82. The highest BCUT2D eigenvalue weighted by molar-refractivity contribution is 5.33. The van der Waals surface area contributed by atoms with E-state index in [0.717, 1.165) is 16.9 Å². The van der Waals surface area contributed by atoms with Gasteiger partial charge >= 0.3 is 0 Å². The fourth-order valence-electron chi connectivity index (χ4n) is 3.32. The van der Waals surface area contributed by atoms with Gasteiger partial charge in [0.2, 0.25) is 0 Å². The molecule has 3 nitrogen and oxygen atoms in total. The molecule has 122 valence electrons. The second-order valence-corrected chi connectivity index (χ2v) is 6.63. The Morgan fingerprint density at radius 3 is 2.65 bits per heavy atom. The van der Waals surface area contributed by atoms with Gasteiger partial charge in [-0.25, -0.2) is 0 Å². The number of ether oxygens (including phenoxy) is 2. The lowest BCUT2D eigenvalue weighted by atomic mass is 9.77. The molecule has 0 saturated carbocycles. The number of rotatable bonds is 4. The molecule has 1 aliphatic heterocycles. The Labute approximate surface area is 137 Å². The minimum absolute atomic E-state index is 0.0449. The lowest BCUT2D eigenvalue weighted by Gasteiger charge is -2.42. The van der Waals surface area contributed by atoms with Crippen molar-refractivity contribution in [3.05, 3.63) is 65.7 Å². The van der Waals surface area contributed by atoms with Gasteiger partial charge in [-0.1, -0.05) is 42.5 Å². The molecule has 0 amide bonds. The van der Waals surface area contributed by atoms with Crippen molar-refractivity contribution in [2.75, 3.05) is 6.61 Å². The van der Waals surface area contributed by atoms with E-state index >= 15 is 0 Å². The van der Waals surface area contributed by atoms with Crippen molar-refractivity contribution in [2.45, 2.75) is 44.5 Å². The summed E-state index contributed by atoms with van der Waals surface area (Å²) >= 11 is 0. The Bertz CT molecular complexity index is 636. The molecule has 23 heavy (non-hydrogen) atoms. The number of hydrogen-bond donors (Lipinski definition) is 1. The lowest BCUT2D eigenvalue weighted by molar-refractivity contribution is -0.115. The van der Waals surface area contributed by atoms with Crippen LogP contribution >= 0.6 is 0 Å². The first kappa shape index (κ1) is 16.0. The molecule has 0 bridgehead atoms. The molecule has 0 aliphatic carbocycles. The molecule has 2 atom stereocenters. The summed E-state index contributed by atoms with van der Waals surface area (Å²) in [6.45, 7) is 5.22. The molecular formula is C20H24O3. The topological polar surface area (TPSA) is 38.7 Å². The Balaban J connectivity index is 1.76. The average molecular weight is 312 g/mol. The molecule has 0 spiro atoms. The first-order valence-corrected chi connectivity index (χ1v) is 8.15. The summed E-state index contributed by atoms with van der Waals surface area (Å²) in [7, 11) is 0. The molecule has 1 saturated heterocycles. The highest BCUT2D eigenvalue weighted by atomic mass is 16.5. The molecule has 1 N–H and O–H groups in total. The fourth-order valence-corrected chi connectivity index (χ4v) is 3.32. The Morgan fingerprint density at radius 1 is 1.13 bits per heavy atom. The van der Waals surface area contributed by atoms with Crippen LogP contribution in [0.15, 0.2) is 54.6 Å². The minimum atomic E-state index is -0.386. The van der Waals surface area contributed by atoms with E-state index in [4.69, 9.17) is 9.47 Å². The smallest absolute Gasteiger partial charge is 0.120 e. The SMILES string of the molecule is CC1(C)OCCC(O)C1c1cccc(OCc2ccccc2)c1. The predicted octanol–water partition coefficient (Wildman–Crippen LogP) is 3.91. The summed E-state index contributed by atoms with van der Waals surface area (Å²) in [5.74, 6) is 0.774. The van der Waals surface area contributed by atoms with Crippen LogP contribution in [0, 0.1) is 0 Å². The standard InChI is InChI=1S/C20H24O3/c1-20(2)19(18(21)11-12-23-20)16-9-6-10-17(13-16)22-14-15-7-4-3-5-8-15/h3-10,13,18-19,21H,11-12,14H2,1-2H3. The Hall–Kier alpha value is -1.84. The van der Waals surface area contributed by atoms with Crippen LogP contribution in [0.2, 0.25) is 0 Å². The van der Waals surface area contributed by atoms with Gasteiger partial charge in [-0.2, -0.15) is 0 Å². The largest absolute Gasteiger partial charge is 0.489 e. The summed E-state index contributed by atoms with van der Waals surface area (Å²) in [6.07, 6.45) is 0.284. The molecule has 2 unspecified atom stereocenters. The highest BCUT2D eigenvalue weighted by Gasteiger charge is 2.40. The first-order valence-electron chi connectivity index (χ1n) is 8.15. The third kappa shape index (κ3) is 3.74. The predicted molar refractivity (Wildman–Crippen MR) is 90.6 cm³/mol. The van der Waals surface area contributed by atoms with Crippen molar-refractivity contribution in [1.29, 1.82) is 0 Å². The van der Waals surface area contributed by atoms with Crippen LogP contribution in [0.4, 0.5) is 0 Å². The fraction of sp³-hybridized carbons (Fsp3) is 0.400. The summed E-state index contributed by atoms with van der Waals surface area (Å²) < 4.78 is 11.8. The Morgan fingerprint density at radius 2 is 1.91 bits per heavy atom. The van der Waals surface area contributed by atoms with E-state index in [-0.39, 0.29) is 17.6 Å². The molecule has 1 heterocycles. The van der Waals surface area contributed by atoms with Crippen LogP contribution in [-0.2, 0) is 11.3 Å². The minimum Gasteiger partial charge on any atom is -0.489 e. The summed E-state index contributed by atoms with van der Waals surface area (Å²) in [4.78, 5) is 0. The molecule has 3 heteroatoms. The van der Waals surface area contributed by atoms with Gasteiger partial charge in [0.25, 0.3) is 0 Å². The second kappa shape index (κ2) is 6.73. The van der Waals surface area contributed by atoms with Crippen LogP contribution in [0.5, 0.6) is 5.75 Å². The first-order chi connectivity index (χ1) is 11.1. The number of aliphatic hydroxyl groups excluding tert-OH is 1. The van der Waals surface area contributed by atoms with Crippen molar-refractivity contribution in [3.63, 3.8) is 0 Å². The van der Waals surface area contributed by atoms with Gasteiger partial charge in [0.1, 0.15) is 12.4 Å². The summed E-state index contributed by atoms with van der Waals surface area (Å²) in [5, 5.41) is 10.4. The Kier molecular flexibility index (Phi) is 4.69. The van der Waals surface area contributed by atoms with Gasteiger partial charge in [-0.05, 0) is 43.5 Å². The third-order valence-corrected chi connectivity index (χ3v) is 4.49. The normalized spacial score (nSPS) is 23.4. The van der Waals surface area contributed by atoms with Crippen molar-refractivity contribution in [2.24, 2.45) is 0 Å². The van der Waals surface area contributed by atoms with E-state index in [1.54, 1.807) is 0 Å². The van der Waals surface area contributed by atoms with Crippen LogP contribution < -0.4 is 4.74 Å². The zero-order valence-electron chi connectivity index (χ0n) is 13.7. The average Bonchev–Trinajstić information content (AvgIpc) is 2.53. The van der Waals surface area contributed by atoms with Crippen molar-refractivity contribution < 1.29 is 14.6 Å². The monoisotopic (exact) mass is 312 g/mol. The molecular weight excluding hydrogens is 288 g/mol. The quantitative estimate of drug-likeness (QED) is 0.930. The third-order valence-electron chi connectivity index (χ3n) is 4.49. The molecule has 1 fully saturated rings. The van der Waals surface area contributed by atoms with Gasteiger partial charge in [-0.15, -0.1) is 0 Å². The number of benzene rings is 2. The maximum absolute atomic E-state index is 10.4. The van der Waals surface area contributed by atoms with Gasteiger partial charge in [0.05, 0.1) is 11.7 Å². The molecule has 2 aromatic carbocycles. The zero-order chi connectivity index (χ0) is 16.3. The summed E-state index contributed by atoms with van der Waals surface area (Å²) in [6, 6.07) is 18.1. The molecule has 3 rings (SSSR count). The lowest BCUT2D eigenvalue weighted by Crippen LogP contribution is -2.45. The molecule has 1 aliphatic rings. The maximum atomic E-state index is 10.4. The van der Waals surface area contributed by atoms with Crippen LogP contribution in [-0.4, -0.2) is 23.4 Å². The van der Waals surface area contributed by atoms with E-state index in [1.807, 2.05) is 68.4 Å². The molecule has 0 radical (unpaired) electrons. The van der Waals surface area contributed by atoms with E-state index < -0.39 is 0 Å². The molecule has 2 aromatic rings. The number of hydrogen-bond acceptors (Lipinski definition) is 3. The van der Waals surface area contributed by atoms with Gasteiger partial charge in [-0.3, -0.25) is 0 Å². The van der Waals surface area contributed by atoms with Gasteiger partial charge in [0, 0.05) is 12.5 Å². The zero-order valence-corrected chi connectivity index (χ0v) is 13.7. The van der Waals surface area contributed by atoms with Crippen molar-refractivity contribution >= 4 is 0 Å². The number of aliphatic hydroxyl groups is 1. The van der Waals surface area contributed by atoms with E-state index in [9.17, 15) is 5.11 Å². The van der Waals surface area contributed by atoms with Crippen molar-refractivity contribution in [1.82, 2.24) is 0 Å². The van der Waals surface area contributed by atoms with Crippen LogP contribution in [0.3, 0.4) is 0 Å². The van der Waals surface area contributed by atoms with Gasteiger partial charge < -0.3 is 14.6 Å². The molecule has 0 aromatic heterocycles. The van der Waals surface area contributed by atoms with Crippen molar-refractivity contribution in [3.8, 4) is 5.75 Å². The van der Waals surface area contributed by atoms with E-state index in [2.05, 4.69) is 0 Å². The van der Waals surface area contributed by atoms with Gasteiger partial charge in [0.15, 0.2) is 0 Å². The van der Waals surface area contributed by atoms with Crippen LogP contribution in [0.25, 0.3) is 0 Å². The second-order valence-electron chi connectivity index (χ2n) is 6.63. The van der Waals surface area contributed by atoms with E-state index in [1.165, 1.54) is 0 Å². The maximum Gasteiger partial charge on any atom is 0.120 e. The van der Waals surface area contributed by atoms with Crippen LogP contribution in [0.1, 0.15) is 37.3 Å². The highest BCUT2D eigenvalue weighted by Crippen LogP contribution is 2.39. The van der Waals surface area contributed by atoms with E-state index in [0.29, 0.717) is 19.6 Å².